The van der Waals surface area contributed by atoms with Gasteiger partial charge in [-0.3, -0.25) is 20.2 Å². The number of hydrogen-bond donors (Lipinski definition) is 1. The second kappa shape index (κ2) is 8.18. The van der Waals surface area contributed by atoms with E-state index >= 15 is 0 Å². The van der Waals surface area contributed by atoms with Crippen LogP contribution in [0, 0.1) is 20.2 Å². The number of sulfonamides is 1. The van der Waals surface area contributed by atoms with E-state index in [0.29, 0.717) is 6.07 Å². The van der Waals surface area contributed by atoms with Crippen molar-refractivity contribution in [1.82, 2.24) is 0 Å². The number of primary sulfonamides is 1. The lowest BCUT2D eigenvalue weighted by atomic mass is 10.3. The van der Waals surface area contributed by atoms with E-state index in [1.807, 2.05) is 0 Å². The third-order valence-electron chi connectivity index (χ3n) is 2.68. The lowest BCUT2D eigenvalue weighted by Crippen LogP contribution is -2.11. The zero-order chi connectivity index (χ0) is 20.1. The van der Waals surface area contributed by atoms with Crippen LogP contribution in [0.2, 0.25) is 0 Å². The topological polar surface area (TPSA) is 181 Å². The van der Waals surface area contributed by atoms with Gasteiger partial charge in [0.15, 0.2) is 4.90 Å². The average Bonchev–Trinajstić information content (AvgIpc) is 2.54. The lowest BCUT2D eigenvalue weighted by Gasteiger charge is -1.98. The van der Waals surface area contributed by atoms with Crippen LogP contribution in [0.4, 0.5) is 11.4 Å². The van der Waals surface area contributed by atoms with Crippen molar-refractivity contribution in [3.05, 3.63) is 68.8 Å². The van der Waals surface area contributed by atoms with Gasteiger partial charge in [0.2, 0.25) is 10.0 Å². The monoisotopic (exact) mass is 423 g/mol. The maximum Gasteiger partial charge on any atom is 0.296 e. The number of non-ortho nitro benzene ring substituents is 1. The second-order valence-electron chi connectivity index (χ2n) is 4.46. The van der Waals surface area contributed by atoms with Gasteiger partial charge in [-0.05, 0) is 18.2 Å². The number of rotatable bonds is 4. The van der Waals surface area contributed by atoms with Gasteiger partial charge in [0, 0.05) is 16.7 Å². The largest absolute Gasteiger partial charge is 0.296 e. The van der Waals surface area contributed by atoms with Crippen molar-refractivity contribution < 1.29 is 26.7 Å². The molecule has 11 nitrogen and oxygen atoms in total. The predicted octanol–water partition coefficient (Wildman–Crippen LogP) is 1.76. The van der Waals surface area contributed by atoms with Crippen LogP contribution in [0.15, 0.2) is 58.3 Å². The summed E-state index contributed by atoms with van der Waals surface area (Å²) in [6.07, 6.45) is 0. The van der Waals surface area contributed by atoms with E-state index in [4.69, 9.17) is 15.8 Å². The molecule has 140 valence electrons. The first-order valence-corrected chi connectivity index (χ1v) is 10.1. The van der Waals surface area contributed by atoms with E-state index < -0.39 is 45.2 Å². The summed E-state index contributed by atoms with van der Waals surface area (Å²) in [4.78, 5) is 18.3. The van der Waals surface area contributed by atoms with Crippen LogP contribution in [0.5, 0.6) is 0 Å². The molecule has 26 heavy (non-hydrogen) atoms. The Morgan fingerprint density at radius 1 is 0.885 bits per heavy atom. The molecule has 2 rings (SSSR count). The molecular formula is C12H10ClN3O8S2. The first kappa shape index (κ1) is 21.4. The highest BCUT2D eigenvalue weighted by molar-refractivity contribution is 8.13. The summed E-state index contributed by atoms with van der Waals surface area (Å²) >= 11 is 0. The Kier molecular flexibility index (Phi) is 6.74. The van der Waals surface area contributed by atoms with E-state index in [1.165, 1.54) is 12.1 Å². The van der Waals surface area contributed by atoms with E-state index in [-0.39, 0.29) is 4.90 Å². The number of nitro groups is 2. The molecule has 2 N–H and O–H groups in total. The molecule has 2 aromatic carbocycles. The van der Waals surface area contributed by atoms with Gasteiger partial charge in [-0.25, -0.2) is 22.0 Å². The predicted molar refractivity (Wildman–Crippen MR) is 90.6 cm³/mol. The van der Waals surface area contributed by atoms with Crippen LogP contribution in [0.25, 0.3) is 0 Å². The zero-order valence-electron chi connectivity index (χ0n) is 12.6. The molecule has 0 bridgehead atoms. The number of nitro benzene ring substituents is 2. The Bertz CT molecular complexity index is 1040. The smallest absolute Gasteiger partial charge is 0.258 e. The van der Waals surface area contributed by atoms with E-state index in [2.05, 4.69) is 0 Å². The minimum atomic E-state index is -4.31. The molecular weight excluding hydrogens is 414 g/mol. The Balaban J connectivity index is 0.000000289. The molecule has 0 fully saturated rings. The molecule has 0 spiro atoms. The molecule has 0 amide bonds. The number of nitrogens with zero attached hydrogens (tertiary/aromatic N) is 2. The molecule has 0 aromatic heterocycles. The highest BCUT2D eigenvalue weighted by Crippen LogP contribution is 2.30. The molecule has 14 heteroatoms. The quantitative estimate of drug-likeness (QED) is 0.438. The van der Waals surface area contributed by atoms with Gasteiger partial charge in [-0.2, -0.15) is 0 Å². The van der Waals surface area contributed by atoms with Gasteiger partial charge in [0.1, 0.15) is 0 Å². The maximum atomic E-state index is 10.9. The van der Waals surface area contributed by atoms with Crippen LogP contribution in [0.3, 0.4) is 0 Å². The highest BCUT2D eigenvalue weighted by atomic mass is 35.7. The molecule has 0 saturated carbocycles. The summed E-state index contributed by atoms with van der Waals surface area (Å²) in [5.74, 6) is 0. The third-order valence-corrected chi connectivity index (χ3v) is 4.98. The summed E-state index contributed by atoms with van der Waals surface area (Å²) in [7, 11) is -2.88. The first-order valence-electron chi connectivity index (χ1n) is 6.29. The van der Waals surface area contributed by atoms with Crippen LogP contribution in [-0.2, 0) is 19.1 Å². The Labute approximate surface area is 151 Å². The standard InChI is InChI=1S/C6H3ClN2O6S.C6H7NO2S/c7-16(14,15)6-2-1-4(8(10)11)3-5(6)9(12)13;7-10(8,9)6-4-2-1-3-5-6/h1-3H;1-5H,(H2,7,8,9). The molecule has 2 aromatic rings. The highest BCUT2D eigenvalue weighted by Gasteiger charge is 2.26. The molecule has 0 radical (unpaired) electrons. The summed E-state index contributed by atoms with van der Waals surface area (Å²) in [5, 5.41) is 25.7. The number of benzene rings is 2. The maximum absolute atomic E-state index is 10.9. The minimum Gasteiger partial charge on any atom is -0.258 e. The van der Waals surface area contributed by atoms with Crippen molar-refractivity contribution >= 4 is 41.1 Å². The lowest BCUT2D eigenvalue weighted by molar-refractivity contribution is -0.396. The SMILES string of the molecule is NS(=O)(=O)c1ccccc1.O=[N+]([O-])c1ccc(S(=O)(=O)Cl)c([N+](=O)[O-])c1. The number of halogens is 1. The summed E-state index contributed by atoms with van der Waals surface area (Å²) in [6, 6.07) is 9.97. The van der Waals surface area contributed by atoms with Crippen LogP contribution < -0.4 is 5.14 Å². The van der Waals surface area contributed by atoms with Crippen molar-refractivity contribution in [2.45, 2.75) is 9.79 Å². The minimum absolute atomic E-state index is 0.148. The second-order valence-corrected chi connectivity index (χ2v) is 8.56. The van der Waals surface area contributed by atoms with Gasteiger partial charge in [0.05, 0.1) is 20.8 Å². The van der Waals surface area contributed by atoms with E-state index in [9.17, 15) is 37.1 Å². The number of hydrogen-bond acceptors (Lipinski definition) is 8. The molecule has 0 aliphatic carbocycles. The van der Waals surface area contributed by atoms with Gasteiger partial charge in [-0.15, -0.1) is 0 Å². The van der Waals surface area contributed by atoms with Gasteiger partial charge < -0.3 is 0 Å². The first-order chi connectivity index (χ1) is 11.8. The Hall–Kier alpha value is -2.61. The average molecular weight is 424 g/mol. The van der Waals surface area contributed by atoms with Crippen molar-refractivity contribution in [2.24, 2.45) is 5.14 Å². The van der Waals surface area contributed by atoms with E-state index in [1.54, 1.807) is 18.2 Å². The fourth-order valence-electron chi connectivity index (χ4n) is 1.58. The zero-order valence-corrected chi connectivity index (χ0v) is 14.9. The summed E-state index contributed by atoms with van der Waals surface area (Å²) < 4.78 is 43.1. The van der Waals surface area contributed by atoms with Crippen LogP contribution in [-0.4, -0.2) is 26.7 Å². The van der Waals surface area contributed by atoms with E-state index in [0.717, 1.165) is 12.1 Å². The van der Waals surface area contributed by atoms with Crippen LogP contribution >= 0.6 is 10.7 Å². The summed E-state index contributed by atoms with van der Waals surface area (Å²) in [5.41, 5.74) is -1.51. The summed E-state index contributed by atoms with van der Waals surface area (Å²) in [6.45, 7) is 0. The van der Waals surface area contributed by atoms with Gasteiger partial charge >= 0.3 is 0 Å². The molecule has 0 heterocycles. The molecule has 0 saturated heterocycles. The van der Waals surface area contributed by atoms with Crippen molar-refractivity contribution in [2.75, 3.05) is 0 Å². The van der Waals surface area contributed by atoms with Gasteiger partial charge in [-0.1, -0.05) is 18.2 Å². The van der Waals surface area contributed by atoms with Crippen LogP contribution in [0.1, 0.15) is 0 Å². The Morgan fingerprint density at radius 2 is 1.42 bits per heavy atom. The Morgan fingerprint density at radius 3 is 1.77 bits per heavy atom. The normalized spacial score (nSPS) is 11.2. The molecule has 0 aliphatic heterocycles. The molecule has 0 aliphatic rings. The fraction of sp³-hybridized carbons (Fsp3) is 0. The molecule has 0 atom stereocenters. The third kappa shape index (κ3) is 6.03. The van der Waals surface area contributed by atoms with Gasteiger partial charge in [0.25, 0.3) is 20.4 Å². The molecule has 0 unspecified atom stereocenters. The fourth-order valence-corrected chi connectivity index (χ4v) is 3.12. The van der Waals surface area contributed by atoms with Crippen molar-refractivity contribution in [3.8, 4) is 0 Å². The van der Waals surface area contributed by atoms with Crippen molar-refractivity contribution in [1.29, 1.82) is 0 Å². The van der Waals surface area contributed by atoms with Crippen molar-refractivity contribution in [3.63, 3.8) is 0 Å². The number of nitrogens with two attached hydrogens (primary N) is 1.